The molecular formula is C11H9ClS. The second-order valence-corrected chi connectivity index (χ2v) is 4.30. The third kappa shape index (κ3) is 1.77. The Bertz CT molecular complexity index is 404. The van der Waals surface area contributed by atoms with Crippen LogP contribution in [-0.4, -0.2) is 0 Å². The van der Waals surface area contributed by atoms with Gasteiger partial charge in [-0.15, -0.1) is 11.3 Å². The smallest absolute Gasteiger partial charge is 0.0441 e. The first-order chi connectivity index (χ1) is 6.27. The van der Waals surface area contributed by atoms with Gasteiger partial charge in [0.25, 0.3) is 0 Å². The highest BCUT2D eigenvalue weighted by molar-refractivity contribution is 7.13. The molecule has 0 atom stereocenters. The predicted molar refractivity (Wildman–Crippen MR) is 59.5 cm³/mol. The third-order valence-corrected chi connectivity index (χ3v) is 3.30. The molecule has 0 aliphatic carbocycles. The van der Waals surface area contributed by atoms with Crippen LogP contribution in [0.5, 0.6) is 0 Å². The normalized spacial score (nSPS) is 10.3. The summed E-state index contributed by atoms with van der Waals surface area (Å²) >= 11 is 7.77. The summed E-state index contributed by atoms with van der Waals surface area (Å²) in [5.74, 6) is 0. The van der Waals surface area contributed by atoms with Crippen LogP contribution in [0, 0.1) is 6.92 Å². The van der Waals surface area contributed by atoms with Gasteiger partial charge in [0.1, 0.15) is 0 Å². The summed E-state index contributed by atoms with van der Waals surface area (Å²) < 4.78 is 0. The molecular weight excluding hydrogens is 200 g/mol. The van der Waals surface area contributed by atoms with Crippen molar-refractivity contribution in [1.29, 1.82) is 0 Å². The highest BCUT2D eigenvalue weighted by Gasteiger charge is 2.00. The summed E-state index contributed by atoms with van der Waals surface area (Å²) in [7, 11) is 0. The van der Waals surface area contributed by atoms with Crippen LogP contribution in [-0.2, 0) is 0 Å². The average Bonchev–Trinajstić information content (AvgIpc) is 2.62. The number of halogens is 1. The minimum atomic E-state index is 0.839. The lowest BCUT2D eigenvalue weighted by Gasteiger charge is -2.00. The van der Waals surface area contributed by atoms with Gasteiger partial charge in [-0.25, -0.2) is 0 Å². The molecule has 0 bridgehead atoms. The number of aryl methyl sites for hydroxylation is 1. The summed E-state index contributed by atoms with van der Waals surface area (Å²) in [6.07, 6.45) is 0. The van der Waals surface area contributed by atoms with Gasteiger partial charge in [-0.3, -0.25) is 0 Å². The SMILES string of the molecule is Cc1ccc(-c2cccs2)cc1Cl. The third-order valence-electron chi connectivity index (χ3n) is 1.98. The molecule has 0 amide bonds. The van der Waals surface area contributed by atoms with Crippen LogP contribution < -0.4 is 0 Å². The van der Waals surface area contributed by atoms with Crippen molar-refractivity contribution in [2.75, 3.05) is 0 Å². The number of hydrogen-bond donors (Lipinski definition) is 0. The Balaban J connectivity index is 2.49. The van der Waals surface area contributed by atoms with Gasteiger partial charge in [0.2, 0.25) is 0 Å². The van der Waals surface area contributed by atoms with E-state index in [0.717, 1.165) is 10.6 Å². The van der Waals surface area contributed by atoms with Crippen molar-refractivity contribution >= 4 is 22.9 Å². The molecule has 0 aliphatic rings. The highest BCUT2D eigenvalue weighted by Crippen LogP contribution is 2.28. The van der Waals surface area contributed by atoms with Crippen LogP contribution in [0.1, 0.15) is 5.56 Å². The summed E-state index contributed by atoms with van der Waals surface area (Å²) in [4.78, 5) is 1.27. The molecule has 0 nitrogen and oxygen atoms in total. The molecule has 2 heteroatoms. The second kappa shape index (κ2) is 3.52. The fourth-order valence-corrected chi connectivity index (χ4v) is 2.09. The first-order valence-electron chi connectivity index (χ1n) is 4.07. The van der Waals surface area contributed by atoms with Gasteiger partial charge in [0.15, 0.2) is 0 Å². The molecule has 1 aromatic carbocycles. The van der Waals surface area contributed by atoms with Crippen LogP contribution in [0.15, 0.2) is 35.7 Å². The minimum Gasteiger partial charge on any atom is -0.144 e. The van der Waals surface area contributed by atoms with Crippen LogP contribution in [0.4, 0.5) is 0 Å². The topological polar surface area (TPSA) is 0 Å². The summed E-state index contributed by atoms with van der Waals surface area (Å²) in [5.41, 5.74) is 2.33. The molecule has 0 spiro atoms. The zero-order valence-electron chi connectivity index (χ0n) is 7.25. The fraction of sp³-hybridized carbons (Fsp3) is 0.0909. The Morgan fingerprint density at radius 3 is 2.69 bits per heavy atom. The molecule has 13 heavy (non-hydrogen) atoms. The van der Waals surface area contributed by atoms with E-state index in [2.05, 4.69) is 23.6 Å². The molecule has 2 aromatic rings. The quantitative estimate of drug-likeness (QED) is 0.653. The second-order valence-electron chi connectivity index (χ2n) is 2.94. The van der Waals surface area contributed by atoms with Gasteiger partial charge in [0, 0.05) is 9.90 Å². The number of benzene rings is 1. The van der Waals surface area contributed by atoms with Crippen LogP contribution >= 0.6 is 22.9 Å². The molecule has 0 fully saturated rings. The molecule has 66 valence electrons. The molecule has 2 rings (SSSR count). The predicted octanol–water partition coefficient (Wildman–Crippen LogP) is 4.38. The van der Waals surface area contributed by atoms with Crippen molar-refractivity contribution in [2.24, 2.45) is 0 Å². The van der Waals surface area contributed by atoms with E-state index in [-0.39, 0.29) is 0 Å². The molecule has 0 radical (unpaired) electrons. The number of rotatable bonds is 1. The maximum Gasteiger partial charge on any atom is 0.0441 e. The zero-order valence-corrected chi connectivity index (χ0v) is 8.82. The molecule has 0 saturated carbocycles. The maximum atomic E-state index is 6.04. The Morgan fingerprint density at radius 1 is 1.23 bits per heavy atom. The van der Waals surface area contributed by atoms with Gasteiger partial charge in [-0.05, 0) is 35.6 Å². The Hall–Kier alpha value is -0.790. The van der Waals surface area contributed by atoms with Crippen LogP contribution in [0.25, 0.3) is 10.4 Å². The summed E-state index contributed by atoms with van der Waals surface area (Å²) in [6.45, 7) is 2.01. The summed E-state index contributed by atoms with van der Waals surface area (Å²) in [6, 6.07) is 10.3. The van der Waals surface area contributed by atoms with Crippen molar-refractivity contribution < 1.29 is 0 Å². The van der Waals surface area contributed by atoms with E-state index in [0.29, 0.717) is 0 Å². The first kappa shape index (κ1) is 8.79. The van der Waals surface area contributed by atoms with E-state index >= 15 is 0 Å². The number of hydrogen-bond acceptors (Lipinski definition) is 1. The first-order valence-corrected chi connectivity index (χ1v) is 5.33. The maximum absolute atomic E-state index is 6.04. The Labute approximate surface area is 86.8 Å². The Kier molecular flexibility index (Phi) is 2.38. The zero-order chi connectivity index (χ0) is 9.26. The van der Waals surface area contributed by atoms with E-state index in [1.165, 1.54) is 10.4 Å². The van der Waals surface area contributed by atoms with Gasteiger partial charge in [-0.1, -0.05) is 29.8 Å². The van der Waals surface area contributed by atoms with E-state index in [1.807, 2.05) is 19.1 Å². The van der Waals surface area contributed by atoms with Gasteiger partial charge < -0.3 is 0 Å². The highest BCUT2D eigenvalue weighted by atomic mass is 35.5. The van der Waals surface area contributed by atoms with Gasteiger partial charge in [0.05, 0.1) is 0 Å². The lowest BCUT2D eigenvalue weighted by atomic mass is 10.1. The Morgan fingerprint density at radius 2 is 2.08 bits per heavy atom. The van der Waals surface area contributed by atoms with E-state index in [4.69, 9.17) is 11.6 Å². The standard InChI is InChI=1S/C11H9ClS/c1-8-4-5-9(7-10(8)12)11-3-2-6-13-11/h2-7H,1H3. The molecule has 0 saturated heterocycles. The average molecular weight is 209 g/mol. The summed E-state index contributed by atoms with van der Waals surface area (Å²) in [5, 5.41) is 2.91. The fourth-order valence-electron chi connectivity index (χ4n) is 1.19. The van der Waals surface area contributed by atoms with Crippen molar-refractivity contribution in [2.45, 2.75) is 6.92 Å². The monoisotopic (exact) mass is 208 g/mol. The molecule has 0 unspecified atom stereocenters. The largest absolute Gasteiger partial charge is 0.144 e. The molecule has 1 aromatic heterocycles. The molecule has 0 aliphatic heterocycles. The molecule has 1 heterocycles. The van der Waals surface area contributed by atoms with Gasteiger partial charge >= 0.3 is 0 Å². The van der Waals surface area contributed by atoms with E-state index in [9.17, 15) is 0 Å². The van der Waals surface area contributed by atoms with Crippen LogP contribution in [0.3, 0.4) is 0 Å². The van der Waals surface area contributed by atoms with E-state index in [1.54, 1.807) is 11.3 Å². The van der Waals surface area contributed by atoms with E-state index < -0.39 is 0 Å². The van der Waals surface area contributed by atoms with Crippen molar-refractivity contribution in [3.63, 3.8) is 0 Å². The van der Waals surface area contributed by atoms with Crippen molar-refractivity contribution in [1.82, 2.24) is 0 Å². The van der Waals surface area contributed by atoms with Crippen molar-refractivity contribution in [3.05, 3.63) is 46.3 Å². The lowest BCUT2D eigenvalue weighted by Crippen LogP contribution is -1.76. The lowest BCUT2D eigenvalue weighted by molar-refractivity contribution is 1.47. The van der Waals surface area contributed by atoms with Crippen LogP contribution in [0.2, 0.25) is 5.02 Å². The molecule has 0 N–H and O–H groups in total. The minimum absolute atomic E-state index is 0.839. The van der Waals surface area contributed by atoms with Crippen molar-refractivity contribution in [3.8, 4) is 10.4 Å². The number of thiophene rings is 1. The van der Waals surface area contributed by atoms with Gasteiger partial charge in [-0.2, -0.15) is 0 Å².